The molecule has 7 heteroatoms. The van der Waals surface area contributed by atoms with Crippen molar-refractivity contribution in [3.63, 3.8) is 0 Å². The maximum Gasteiger partial charge on any atom is 0.345 e. The number of carboxylic acids is 1. The van der Waals surface area contributed by atoms with Gasteiger partial charge in [0.25, 0.3) is 0 Å². The van der Waals surface area contributed by atoms with Crippen molar-refractivity contribution in [2.24, 2.45) is 0 Å². The molecule has 0 aliphatic carbocycles. The van der Waals surface area contributed by atoms with Crippen LogP contribution in [0.3, 0.4) is 0 Å². The van der Waals surface area contributed by atoms with E-state index < -0.39 is 5.97 Å². The molecule has 0 aromatic carbocycles. The number of carboxylic acid groups (broad SMARTS) is 1. The summed E-state index contributed by atoms with van der Waals surface area (Å²) in [7, 11) is 0. The largest absolute Gasteiger partial charge is 0.477 e. The summed E-state index contributed by atoms with van der Waals surface area (Å²) in [6.07, 6.45) is 0. The van der Waals surface area contributed by atoms with Gasteiger partial charge in [-0.15, -0.1) is 16.4 Å². The van der Waals surface area contributed by atoms with Crippen molar-refractivity contribution in [2.45, 2.75) is 24.8 Å². The average Bonchev–Trinajstić information content (AvgIpc) is 2.79. The summed E-state index contributed by atoms with van der Waals surface area (Å²) in [5.74, 6) is -0.234. The van der Waals surface area contributed by atoms with E-state index in [4.69, 9.17) is 5.11 Å². The molecule has 0 saturated heterocycles. The van der Waals surface area contributed by atoms with E-state index in [9.17, 15) is 4.79 Å². The van der Waals surface area contributed by atoms with Crippen LogP contribution in [0.5, 0.6) is 0 Å². The first-order chi connectivity index (χ1) is 8.56. The number of thiophene rings is 1. The standard InChI is InChI=1S/C11H11N3O2S2/c1-6-7(2)13-14-11(12-6)17-5-8-3-4-9(18-8)10(15)16/h3-4H,5H2,1-2H3,(H,15,16). The van der Waals surface area contributed by atoms with E-state index >= 15 is 0 Å². The first-order valence-corrected chi connectivity index (χ1v) is 6.99. The zero-order chi connectivity index (χ0) is 13.1. The fraction of sp³-hybridized carbons (Fsp3) is 0.273. The Morgan fingerprint density at radius 3 is 2.72 bits per heavy atom. The predicted molar refractivity (Wildman–Crippen MR) is 70.1 cm³/mol. The fourth-order valence-corrected chi connectivity index (χ4v) is 2.93. The van der Waals surface area contributed by atoms with Gasteiger partial charge < -0.3 is 5.11 Å². The minimum atomic E-state index is -0.889. The van der Waals surface area contributed by atoms with Gasteiger partial charge in [0.05, 0.1) is 11.4 Å². The molecule has 0 radical (unpaired) electrons. The van der Waals surface area contributed by atoms with E-state index in [2.05, 4.69) is 15.2 Å². The molecule has 0 saturated carbocycles. The molecule has 0 spiro atoms. The van der Waals surface area contributed by atoms with Crippen molar-refractivity contribution in [1.82, 2.24) is 15.2 Å². The van der Waals surface area contributed by atoms with Crippen molar-refractivity contribution < 1.29 is 9.90 Å². The highest BCUT2D eigenvalue weighted by atomic mass is 32.2. The van der Waals surface area contributed by atoms with Gasteiger partial charge in [-0.2, -0.15) is 5.10 Å². The van der Waals surface area contributed by atoms with Gasteiger partial charge in [-0.05, 0) is 26.0 Å². The lowest BCUT2D eigenvalue weighted by Crippen LogP contribution is -1.97. The average molecular weight is 281 g/mol. The lowest BCUT2D eigenvalue weighted by atomic mass is 10.4. The Balaban J connectivity index is 2.02. The highest BCUT2D eigenvalue weighted by molar-refractivity contribution is 7.98. The van der Waals surface area contributed by atoms with Crippen LogP contribution >= 0.6 is 23.1 Å². The lowest BCUT2D eigenvalue weighted by molar-refractivity contribution is 0.0702. The molecule has 0 unspecified atom stereocenters. The number of aromatic nitrogens is 3. The zero-order valence-corrected chi connectivity index (χ0v) is 11.5. The van der Waals surface area contributed by atoms with E-state index in [0.29, 0.717) is 15.8 Å². The molecule has 2 aromatic rings. The summed E-state index contributed by atoms with van der Waals surface area (Å²) in [5, 5.41) is 17.4. The van der Waals surface area contributed by atoms with Gasteiger partial charge in [-0.1, -0.05) is 11.8 Å². The summed E-state index contributed by atoms with van der Waals surface area (Å²) >= 11 is 2.73. The molecule has 2 aromatic heterocycles. The summed E-state index contributed by atoms with van der Waals surface area (Å²) in [5.41, 5.74) is 1.69. The number of aromatic carboxylic acids is 1. The molecule has 0 amide bonds. The maximum absolute atomic E-state index is 10.7. The second-order valence-electron chi connectivity index (χ2n) is 3.62. The predicted octanol–water partition coefficient (Wildman–Crippen LogP) is 2.54. The Kier molecular flexibility index (Phi) is 3.93. The van der Waals surface area contributed by atoms with Crippen molar-refractivity contribution in [2.75, 3.05) is 0 Å². The van der Waals surface area contributed by atoms with Crippen LogP contribution in [0.1, 0.15) is 25.9 Å². The summed E-state index contributed by atoms with van der Waals surface area (Å²) in [6, 6.07) is 3.43. The molecular weight excluding hydrogens is 270 g/mol. The Morgan fingerprint density at radius 2 is 2.11 bits per heavy atom. The first kappa shape index (κ1) is 13.0. The molecular formula is C11H11N3O2S2. The van der Waals surface area contributed by atoms with Crippen LogP contribution in [0, 0.1) is 13.8 Å². The Morgan fingerprint density at radius 1 is 1.33 bits per heavy atom. The highest BCUT2D eigenvalue weighted by Gasteiger charge is 2.08. The molecule has 0 aliphatic heterocycles. The van der Waals surface area contributed by atoms with Crippen LogP contribution in [0.15, 0.2) is 17.3 Å². The van der Waals surface area contributed by atoms with Crippen LogP contribution in [-0.2, 0) is 5.75 Å². The molecule has 0 atom stereocenters. The number of hydrogen-bond donors (Lipinski definition) is 1. The Labute approximate surface area is 112 Å². The van der Waals surface area contributed by atoms with Gasteiger partial charge in [-0.3, -0.25) is 0 Å². The minimum Gasteiger partial charge on any atom is -0.477 e. The molecule has 1 N–H and O–H groups in total. The quantitative estimate of drug-likeness (QED) is 0.868. The number of hydrogen-bond acceptors (Lipinski definition) is 6. The maximum atomic E-state index is 10.7. The van der Waals surface area contributed by atoms with Crippen LogP contribution in [-0.4, -0.2) is 26.3 Å². The second kappa shape index (κ2) is 5.45. The zero-order valence-electron chi connectivity index (χ0n) is 9.88. The fourth-order valence-electron chi connectivity index (χ4n) is 1.20. The van der Waals surface area contributed by atoms with Crippen molar-refractivity contribution >= 4 is 29.1 Å². The third-order valence-electron chi connectivity index (χ3n) is 2.29. The summed E-state index contributed by atoms with van der Waals surface area (Å²) in [6.45, 7) is 3.75. The van der Waals surface area contributed by atoms with Gasteiger partial charge >= 0.3 is 5.97 Å². The van der Waals surface area contributed by atoms with Crippen molar-refractivity contribution in [3.05, 3.63) is 33.3 Å². The van der Waals surface area contributed by atoms with Gasteiger partial charge in [0.2, 0.25) is 5.16 Å². The SMILES string of the molecule is Cc1nnc(SCc2ccc(C(=O)O)s2)nc1C. The summed E-state index contributed by atoms with van der Waals surface area (Å²) < 4.78 is 0. The smallest absolute Gasteiger partial charge is 0.345 e. The van der Waals surface area contributed by atoms with Gasteiger partial charge in [-0.25, -0.2) is 9.78 Å². The second-order valence-corrected chi connectivity index (χ2v) is 5.74. The monoisotopic (exact) mass is 281 g/mol. The van der Waals surface area contributed by atoms with E-state index in [1.807, 2.05) is 19.9 Å². The molecule has 0 aliphatic rings. The van der Waals surface area contributed by atoms with Gasteiger partial charge in [0.15, 0.2) is 0 Å². The molecule has 0 fully saturated rings. The number of carbonyl (C=O) groups is 1. The number of rotatable bonds is 4. The van der Waals surface area contributed by atoms with E-state index in [1.165, 1.54) is 23.1 Å². The van der Waals surface area contributed by atoms with Gasteiger partial charge in [0, 0.05) is 10.6 Å². The minimum absolute atomic E-state index is 0.352. The normalized spacial score (nSPS) is 10.6. The highest BCUT2D eigenvalue weighted by Crippen LogP contribution is 2.24. The van der Waals surface area contributed by atoms with Gasteiger partial charge in [0.1, 0.15) is 4.88 Å². The number of thioether (sulfide) groups is 1. The molecule has 5 nitrogen and oxygen atoms in total. The molecule has 2 heterocycles. The molecule has 0 bridgehead atoms. The topological polar surface area (TPSA) is 76.0 Å². The molecule has 2 rings (SSSR count). The van der Waals surface area contributed by atoms with Crippen LogP contribution in [0.4, 0.5) is 0 Å². The lowest BCUT2D eigenvalue weighted by Gasteiger charge is -2.00. The Bertz CT molecular complexity index is 583. The third kappa shape index (κ3) is 3.05. The number of aryl methyl sites for hydroxylation is 2. The Hall–Kier alpha value is -1.47. The van der Waals surface area contributed by atoms with E-state index in [1.54, 1.807) is 6.07 Å². The van der Waals surface area contributed by atoms with Crippen LogP contribution in [0.2, 0.25) is 0 Å². The molecule has 94 valence electrons. The van der Waals surface area contributed by atoms with Crippen LogP contribution in [0.25, 0.3) is 0 Å². The van der Waals surface area contributed by atoms with Crippen molar-refractivity contribution in [3.8, 4) is 0 Å². The van der Waals surface area contributed by atoms with Crippen molar-refractivity contribution in [1.29, 1.82) is 0 Å². The van der Waals surface area contributed by atoms with E-state index in [-0.39, 0.29) is 0 Å². The molecule has 18 heavy (non-hydrogen) atoms. The third-order valence-corrected chi connectivity index (χ3v) is 4.43. The summed E-state index contributed by atoms with van der Waals surface area (Å²) in [4.78, 5) is 16.4. The number of nitrogens with zero attached hydrogens (tertiary/aromatic N) is 3. The van der Waals surface area contributed by atoms with Crippen LogP contribution < -0.4 is 0 Å². The first-order valence-electron chi connectivity index (χ1n) is 5.19. The van der Waals surface area contributed by atoms with E-state index in [0.717, 1.165) is 16.3 Å².